The summed E-state index contributed by atoms with van der Waals surface area (Å²) in [6.45, 7) is 4.70. The van der Waals surface area contributed by atoms with Crippen molar-refractivity contribution in [1.29, 1.82) is 0 Å². The summed E-state index contributed by atoms with van der Waals surface area (Å²) in [5.41, 5.74) is 0.474. The van der Waals surface area contributed by atoms with Crippen LogP contribution in [0.2, 0.25) is 0 Å². The zero-order chi connectivity index (χ0) is 32.2. The number of hydrogen-bond acceptors (Lipinski definition) is 12. The van der Waals surface area contributed by atoms with Gasteiger partial charge in [0.25, 0.3) is 0 Å². The van der Waals surface area contributed by atoms with Gasteiger partial charge in [-0.1, -0.05) is 26.0 Å². The van der Waals surface area contributed by atoms with Crippen molar-refractivity contribution >= 4 is 39.3 Å². The number of ether oxygens (including phenoxy) is 3. The monoisotopic (exact) mass is 630 g/mol. The van der Waals surface area contributed by atoms with Crippen molar-refractivity contribution in [3.8, 4) is 5.75 Å². The number of carbonyl (C=O) groups excluding carboxylic acids is 3. The summed E-state index contributed by atoms with van der Waals surface area (Å²) in [7, 11) is -3.28. The Morgan fingerprint density at radius 2 is 1.74 bits per heavy atom. The van der Waals surface area contributed by atoms with Crippen molar-refractivity contribution < 1.29 is 62.2 Å². The maximum absolute atomic E-state index is 12.7. The van der Waals surface area contributed by atoms with Crippen LogP contribution in [-0.4, -0.2) is 95.6 Å². The Labute approximate surface area is 248 Å². The summed E-state index contributed by atoms with van der Waals surface area (Å²) in [5.74, 6) is -3.09. The molecule has 0 bridgehead atoms. The van der Waals surface area contributed by atoms with Crippen LogP contribution < -0.4 is 15.4 Å². The Morgan fingerprint density at radius 1 is 1.02 bits per heavy atom. The van der Waals surface area contributed by atoms with Crippen LogP contribution in [0.3, 0.4) is 0 Å². The molecule has 16 heteroatoms. The second-order valence-corrected chi connectivity index (χ2v) is 11.8. The summed E-state index contributed by atoms with van der Waals surface area (Å²) in [4.78, 5) is 47.7. The van der Waals surface area contributed by atoms with E-state index < -0.39 is 58.4 Å². The van der Waals surface area contributed by atoms with E-state index in [-0.39, 0.29) is 55.5 Å². The van der Waals surface area contributed by atoms with Gasteiger partial charge in [-0.25, -0.2) is 13.2 Å². The van der Waals surface area contributed by atoms with Crippen molar-refractivity contribution in [1.82, 2.24) is 5.32 Å². The minimum atomic E-state index is -3.28. The number of nitrogens with one attached hydrogen (secondary N) is 2. The number of aliphatic hydroxyl groups excluding tert-OH is 3. The van der Waals surface area contributed by atoms with Gasteiger partial charge in [0.1, 0.15) is 30.7 Å². The van der Waals surface area contributed by atoms with E-state index in [1.165, 1.54) is 18.2 Å². The van der Waals surface area contributed by atoms with E-state index in [2.05, 4.69) is 17.2 Å². The average molecular weight is 631 g/mol. The van der Waals surface area contributed by atoms with E-state index >= 15 is 0 Å². The lowest BCUT2D eigenvalue weighted by atomic mass is 9.99. The first-order valence-electron chi connectivity index (χ1n) is 13.6. The van der Waals surface area contributed by atoms with Crippen molar-refractivity contribution in [2.75, 3.05) is 17.6 Å². The minimum absolute atomic E-state index is 0.0195. The number of aliphatic carboxylic acids is 1. The molecule has 1 aromatic rings. The molecule has 2 amide bonds. The van der Waals surface area contributed by atoms with Crippen LogP contribution >= 0.6 is 0 Å². The summed E-state index contributed by atoms with van der Waals surface area (Å²) in [6, 6.07) is 4.24. The predicted molar refractivity (Wildman–Crippen MR) is 150 cm³/mol. The molecule has 0 unspecified atom stereocenters. The number of benzene rings is 1. The molecule has 0 aromatic heterocycles. The lowest BCUT2D eigenvalue weighted by molar-refractivity contribution is -0.271. The third-order valence-electron chi connectivity index (χ3n) is 6.32. The number of esters is 1. The smallest absolute Gasteiger partial charge is 0.335 e. The molecular formula is C27H38N2O13S. The molecule has 0 radical (unpaired) electrons. The molecule has 15 nitrogen and oxygen atoms in total. The van der Waals surface area contributed by atoms with Crippen LogP contribution in [0.5, 0.6) is 5.75 Å². The lowest BCUT2D eigenvalue weighted by Crippen LogP contribution is -2.61. The van der Waals surface area contributed by atoms with Crippen molar-refractivity contribution in [2.45, 2.75) is 82.8 Å². The maximum Gasteiger partial charge on any atom is 0.335 e. The first kappa shape index (κ1) is 35.6. The van der Waals surface area contributed by atoms with Gasteiger partial charge in [0.2, 0.25) is 18.1 Å². The maximum atomic E-state index is 12.7. The molecule has 43 heavy (non-hydrogen) atoms. The number of aliphatic hydroxyl groups is 3. The highest BCUT2D eigenvalue weighted by atomic mass is 32.2. The molecule has 6 N–H and O–H groups in total. The van der Waals surface area contributed by atoms with Gasteiger partial charge in [0, 0.05) is 31.2 Å². The van der Waals surface area contributed by atoms with Crippen molar-refractivity contribution in [2.24, 2.45) is 0 Å². The SMILES string of the molecule is C=CS(=O)(=O)CCCCCC(=O)NCCC(=O)Nc1cc(COC(=O)CC)ccc1O[C@@H]1O[C@H](C(=O)O)[C@@H](O)[C@H](O)[C@H]1O. The van der Waals surface area contributed by atoms with Gasteiger partial charge < -0.3 is 45.3 Å². The third kappa shape index (κ3) is 11.6. The zero-order valence-corrected chi connectivity index (χ0v) is 24.5. The summed E-state index contributed by atoms with van der Waals surface area (Å²) in [5, 5.41) is 45.6. The molecule has 1 aliphatic heterocycles. The highest BCUT2D eigenvalue weighted by Crippen LogP contribution is 2.31. The van der Waals surface area contributed by atoms with Crippen LogP contribution in [0.15, 0.2) is 30.2 Å². The molecule has 1 heterocycles. The molecular weight excluding hydrogens is 592 g/mol. The van der Waals surface area contributed by atoms with Crippen LogP contribution in [0, 0.1) is 0 Å². The fraction of sp³-hybridized carbons (Fsp3) is 0.556. The molecule has 0 saturated carbocycles. The normalized spacial score (nSPS) is 21.8. The summed E-state index contributed by atoms with van der Waals surface area (Å²) >= 11 is 0. The number of carbonyl (C=O) groups is 4. The van der Waals surface area contributed by atoms with Gasteiger partial charge in [-0.05, 0) is 30.5 Å². The molecule has 1 saturated heterocycles. The summed E-state index contributed by atoms with van der Waals surface area (Å²) in [6.07, 6.45) is -7.82. The zero-order valence-electron chi connectivity index (χ0n) is 23.6. The van der Waals surface area contributed by atoms with E-state index in [0.717, 1.165) is 5.41 Å². The highest BCUT2D eigenvalue weighted by Gasteiger charge is 2.48. The average Bonchev–Trinajstić information content (AvgIpc) is 2.96. The van der Waals surface area contributed by atoms with Crippen molar-refractivity contribution in [3.63, 3.8) is 0 Å². The van der Waals surface area contributed by atoms with E-state index in [9.17, 15) is 48.0 Å². The van der Waals surface area contributed by atoms with Gasteiger partial charge >= 0.3 is 11.9 Å². The molecule has 240 valence electrons. The number of sulfone groups is 1. The first-order chi connectivity index (χ1) is 20.3. The second-order valence-electron chi connectivity index (χ2n) is 9.69. The van der Waals surface area contributed by atoms with E-state index in [1.54, 1.807) is 6.92 Å². The number of unbranched alkanes of at least 4 members (excludes halogenated alkanes) is 2. The number of amides is 2. The van der Waals surface area contributed by atoms with Crippen LogP contribution in [-0.2, 0) is 45.1 Å². The Hall–Kier alpha value is -3.57. The molecule has 1 fully saturated rings. The van der Waals surface area contributed by atoms with Crippen LogP contribution in [0.25, 0.3) is 0 Å². The molecule has 0 spiro atoms. The highest BCUT2D eigenvalue weighted by molar-refractivity contribution is 7.94. The quantitative estimate of drug-likeness (QED) is 0.0981. The van der Waals surface area contributed by atoms with E-state index in [1.807, 2.05) is 0 Å². The fourth-order valence-electron chi connectivity index (χ4n) is 3.87. The number of carboxylic acid groups (broad SMARTS) is 1. The molecule has 2 rings (SSSR count). The van der Waals surface area contributed by atoms with Gasteiger partial charge in [0.05, 0.1) is 11.4 Å². The first-order valence-corrected chi connectivity index (χ1v) is 15.3. The predicted octanol–water partition coefficient (Wildman–Crippen LogP) is -0.0257. The fourth-order valence-corrected chi connectivity index (χ4v) is 4.65. The van der Waals surface area contributed by atoms with E-state index in [0.29, 0.717) is 24.8 Å². The Bertz CT molecular complexity index is 1250. The number of anilines is 1. The minimum Gasteiger partial charge on any atom is -0.479 e. The van der Waals surface area contributed by atoms with E-state index in [4.69, 9.17) is 14.2 Å². The molecule has 1 aliphatic rings. The van der Waals surface area contributed by atoms with Crippen LogP contribution in [0.1, 0.15) is 51.0 Å². The Kier molecular flexibility index (Phi) is 14.0. The third-order valence-corrected chi connectivity index (χ3v) is 7.69. The van der Waals surface area contributed by atoms with Crippen LogP contribution in [0.4, 0.5) is 5.69 Å². The van der Waals surface area contributed by atoms with Gasteiger partial charge in [-0.3, -0.25) is 14.4 Å². The second kappa shape index (κ2) is 16.9. The van der Waals surface area contributed by atoms with Gasteiger partial charge in [0.15, 0.2) is 15.9 Å². The largest absolute Gasteiger partial charge is 0.479 e. The topological polar surface area (TPSA) is 235 Å². The standard InChI is InChI=1S/C27H38N2O13S/c1-3-21(32)40-15-16-9-10-18(41-27-24(35)22(33)23(34)25(42-27)26(36)37)17(14-16)29-20(31)11-12-28-19(30)8-6-5-7-13-43(38,39)4-2/h4,9-10,14,22-25,27,33-35H,2-3,5-8,11-13,15H2,1H3,(H,28,30)(H,29,31)(H,36,37)/t22-,23-,24+,25-,27+/m0/s1. The van der Waals surface area contributed by atoms with Crippen molar-refractivity contribution in [3.05, 3.63) is 35.7 Å². The lowest BCUT2D eigenvalue weighted by Gasteiger charge is -2.38. The Morgan fingerprint density at radius 3 is 2.40 bits per heavy atom. The number of hydrogen-bond donors (Lipinski definition) is 6. The number of carboxylic acids is 1. The van der Waals surface area contributed by atoms with Gasteiger partial charge in [-0.15, -0.1) is 0 Å². The molecule has 1 aromatic carbocycles. The molecule has 5 atom stereocenters. The number of rotatable bonds is 17. The summed E-state index contributed by atoms with van der Waals surface area (Å²) < 4.78 is 38.6. The Balaban J connectivity index is 2.01. The van der Waals surface area contributed by atoms with Gasteiger partial charge in [-0.2, -0.15) is 0 Å². The molecule has 0 aliphatic carbocycles.